The zero-order valence-electron chi connectivity index (χ0n) is 47.1. The van der Waals surface area contributed by atoms with Gasteiger partial charge < -0.3 is 4.90 Å². The molecular formula is C78H63B2N. The Kier molecular flexibility index (Phi) is 13.6. The van der Waals surface area contributed by atoms with Gasteiger partial charge in [-0.3, -0.25) is 0 Å². The molecule has 0 aliphatic carbocycles. The van der Waals surface area contributed by atoms with Gasteiger partial charge in [-0.25, -0.2) is 0 Å². The van der Waals surface area contributed by atoms with E-state index < -0.39 is 0 Å². The van der Waals surface area contributed by atoms with E-state index in [4.69, 9.17) is 0 Å². The van der Waals surface area contributed by atoms with Crippen LogP contribution >= 0.6 is 0 Å². The van der Waals surface area contributed by atoms with Crippen LogP contribution in [0.1, 0.15) is 33.4 Å². The van der Waals surface area contributed by atoms with E-state index in [0.717, 1.165) is 28.2 Å². The number of nitrogens with zero attached hydrogens (tertiary/aromatic N) is 1. The zero-order chi connectivity index (χ0) is 55.1. The molecule has 12 aromatic rings. The van der Waals surface area contributed by atoms with Gasteiger partial charge >= 0.3 is 0 Å². The summed E-state index contributed by atoms with van der Waals surface area (Å²) >= 11 is 0. The second-order valence-corrected chi connectivity index (χ2v) is 22.2. The van der Waals surface area contributed by atoms with Gasteiger partial charge in [0.25, 0.3) is 0 Å². The van der Waals surface area contributed by atoms with Crippen molar-refractivity contribution in [1.29, 1.82) is 0 Å². The first-order valence-corrected chi connectivity index (χ1v) is 28.6. The summed E-state index contributed by atoms with van der Waals surface area (Å²) in [5, 5.41) is 0. The molecule has 1 heterocycles. The molecule has 0 unspecified atom stereocenters. The summed E-state index contributed by atoms with van der Waals surface area (Å²) in [5.74, 6) is 0. The predicted octanol–water partition coefficient (Wildman–Crippen LogP) is 16.4. The van der Waals surface area contributed by atoms with Gasteiger partial charge in [0, 0.05) is 16.8 Å². The summed E-state index contributed by atoms with van der Waals surface area (Å²) in [7, 11) is 0. The molecule has 13 rings (SSSR count). The second-order valence-electron chi connectivity index (χ2n) is 22.2. The van der Waals surface area contributed by atoms with Gasteiger partial charge in [-0.2, -0.15) is 0 Å². The molecule has 0 amide bonds. The van der Waals surface area contributed by atoms with Crippen LogP contribution in [0.4, 0.5) is 17.1 Å². The summed E-state index contributed by atoms with van der Waals surface area (Å²) in [6.07, 6.45) is 0. The summed E-state index contributed by atoms with van der Waals surface area (Å²) in [4.78, 5) is 2.55. The number of anilines is 3. The molecule has 1 aliphatic heterocycles. The number of aryl methyl sites for hydroxylation is 6. The van der Waals surface area contributed by atoms with E-state index in [2.05, 4.69) is 319 Å². The number of hydrogen-bond acceptors (Lipinski definition) is 1. The maximum atomic E-state index is 2.63. The minimum absolute atomic E-state index is 0.0319. The van der Waals surface area contributed by atoms with Gasteiger partial charge in [0.1, 0.15) is 0 Å². The normalized spacial score (nSPS) is 11.8. The molecular weight excluding hydrogens is 972 g/mol. The molecule has 0 radical (unpaired) electrons. The van der Waals surface area contributed by atoms with Crippen LogP contribution in [0.15, 0.2) is 273 Å². The van der Waals surface area contributed by atoms with Crippen molar-refractivity contribution in [2.45, 2.75) is 41.5 Å². The average molecular weight is 1040 g/mol. The minimum Gasteiger partial charge on any atom is -0.309 e. The monoisotopic (exact) mass is 1040 g/mol. The van der Waals surface area contributed by atoms with Crippen LogP contribution in [0.25, 0.3) is 66.8 Å². The molecule has 0 N–H and O–H groups in total. The molecule has 0 saturated carbocycles. The first kappa shape index (κ1) is 51.0. The Morgan fingerprint density at radius 1 is 0.272 bits per heavy atom. The van der Waals surface area contributed by atoms with Gasteiger partial charge in [0.15, 0.2) is 0 Å². The molecule has 12 aromatic carbocycles. The standard InChI is InChI=1S/C78H63B2N/c1-52-22-19-23-53(2)76(52)79(77-54(3)24-20-25-55(77)4)66-41-44-68-70-49-64(60-32-15-9-16-33-60)39-46-74(70)81(67-42-36-62(37-43-67)58-28-11-7-12-29-58)75-47-40-65(61-34-17-10-18-35-61)50-71(75)69-48-63(59-30-13-8-14-31-59)38-45-72(69)80(73(68)51-66)78-56(5)26-21-27-57(78)6/h7-51H,1-6H3. The van der Waals surface area contributed by atoms with E-state index in [-0.39, 0.29) is 13.4 Å². The largest absolute Gasteiger partial charge is 0.309 e. The molecule has 0 fully saturated rings. The number of benzene rings is 12. The Bertz CT molecular complexity index is 4170. The van der Waals surface area contributed by atoms with E-state index >= 15 is 0 Å². The SMILES string of the molecule is Cc1cccc(C)c1B1c2cc(B(c3c(C)cccc3C)c3c(C)cccc3C)ccc2-c2cc(-c3ccccc3)ccc2N(c2ccc(-c3ccccc3)cc2)c2ccc(-c3ccccc3)cc2-c2cc(-c3ccccc3)ccc21. The second kappa shape index (κ2) is 21.7. The predicted molar refractivity (Wildman–Crippen MR) is 351 cm³/mol. The van der Waals surface area contributed by atoms with E-state index in [0.29, 0.717) is 0 Å². The van der Waals surface area contributed by atoms with Crippen LogP contribution in [-0.4, -0.2) is 13.4 Å². The molecule has 386 valence electrons. The van der Waals surface area contributed by atoms with Crippen molar-refractivity contribution >= 4 is 63.3 Å². The first-order valence-electron chi connectivity index (χ1n) is 28.6. The van der Waals surface area contributed by atoms with E-state index in [9.17, 15) is 0 Å². The zero-order valence-corrected chi connectivity index (χ0v) is 47.1. The van der Waals surface area contributed by atoms with Gasteiger partial charge in [0.05, 0.1) is 11.4 Å². The maximum absolute atomic E-state index is 2.63. The Balaban J connectivity index is 1.21. The third-order valence-corrected chi connectivity index (χ3v) is 17.2. The van der Waals surface area contributed by atoms with Crippen molar-refractivity contribution < 1.29 is 0 Å². The Morgan fingerprint density at radius 3 is 1.10 bits per heavy atom. The Hall–Kier alpha value is -9.43. The van der Waals surface area contributed by atoms with Crippen LogP contribution < -0.4 is 37.7 Å². The molecule has 1 aliphatic rings. The van der Waals surface area contributed by atoms with Crippen LogP contribution in [0.3, 0.4) is 0 Å². The van der Waals surface area contributed by atoms with E-state index in [1.165, 1.54) is 122 Å². The minimum atomic E-state index is -0.198. The molecule has 0 atom stereocenters. The highest BCUT2D eigenvalue weighted by Crippen LogP contribution is 2.48. The quantitative estimate of drug-likeness (QED) is 0.130. The van der Waals surface area contributed by atoms with E-state index in [1.807, 2.05) is 0 Å². The van der Waals surface area contributed by atoms with Crippen molar-refractivity contribution in [3.63, 3.8) is 0 Å². The van der Waals surface area contributed by atoms with E-state index in [1.54, 1.807) is 0 Å². The van der Waals surface area contributed by atoms with Crippen LogP contribution in [0.5, 0.6) is 0 Å². The maximum Gasteiger partial charge on any atom is 0.243 e. The van der Waals surface area contributed by atoms with Gasteiger partial charge in [-0.15, -0.1) is 0 Å². The lowest BCUT2D eigenvalue weighted by Crippen LogP contribution is -2.59. The Morgan fingerprint density at radius 2 is 0.642 bits per heavy atom. The molecule has 81 heavy (non-hydrogen) atoms. The lowest BCUT2D eigenvalue weighted by molar-refractivity contribution is 1.28. The van der Waals surface area contributed by atoms with Crippen molar-refractivity contribution in [1.82, 2.24) is 0 Å². The number of rotatable bonds is 9. The fourth-order valence-electron chi connectivity index (χ4n) is 13.3. The van der Waals surface area contributed by atoms with Gasteiger partial charge in [0.2, 0.25) is 13.4 Å². The van der Waals surface area contributed by atoms with Crippen molar-refractivity contribution in [3.05, 3.63) is 306 Å². The summed E-state index contributed by atoms with van der Waals surface area (Å²) in [6.45, 7) is 13.6. The third kappa shape index (κ3) is 9.53. The summed E-state index contributed by atoms with van der Waals surface area (Å²) in [6, 6.07) is 102. The topological polar surface area (TPSA) is 3.24 Å². The van der Waals surface area contributed by atoms with Gasteiger partial charge in [-0.1, -0.05) is 297 Å². The highest BCUT2D eigenvalue weighted by Gasteiger charge is 2.36. The molecule has 0 bridgehead atoms. The number of fused-ring (bicyclic) bond motifs is 6. The van der Waals surface area contributed by atoms with Gasteiger partial charge in [-0.05, 0) is 140 Å². The average Bonchev–Trinajstić information content (AvgIpc) is 3.67. The van der Waals surface area contributed by atoms with Crippen molar-refractivity contribution in [3.8, 4) is 66.8 Å². The van der Waals surface area contributed by atoms with Crippen LogP contribution in [0, 0.1) is 41.5 Å². The highest BCUT2D eigenvalue weighted by atomic mass is 15.1. The third-order valence-electron chi connectivity index (χ3n) is 17.2. The number of hydrogen-bond donors (Lipinski definition) is 0. The smallest absolute Gasteiger partial charge is 0.243 e. The van der Waals surface area contributed by atoms with Crippen LogP contribution in [0.2, 0.25) is 0 Å². The summed E-state index contributed by atoms with van der Waals surface area (Å²) in [5.41, 5.74) is 33.0. The van der Waals surface area contributed by atoms with Crippen LogP contribution in [-0.2, 0) is 0 Å². The molecule has 0 aromatic heterocycles. The Labute approximate surface area is 480 Å². The van der Waals surface area contributed by atoms with Crippen molar-refractivity contribution in [2.24, 2.45) is 0 Å². The fourth-order valence-corrected chi connectivity index (χ4v) is 13.3. The summed E-state index contributed by atoms with van der Waals surface area (Å²) < 4.78 is 0. The highest BCUT2D eigenvalue weighted by molar-refractivity contribution is 6.99. The first-order chi connectivity index (χ1) is 39.7. The molecule has 1 nitrogen and oxygen atoms in total. The molecule has 3 heteroatoms. The fraction of sp³-hybridized carbons (Fsp3) is 0.0769. The lowest BCUT2D eigenvalue weighted by Gasteiger charge is -2.35. The van der Waals surface area contributed by atoms with Crippen molar-refractivity contribution in [2.75, 3.05) is 4.90 Å². The lowest BCUT2D eigenvalue weighted by atomic mass is 9.31. The molecule has 0 spiro atoms. The molecule has 0 saturated heterocycles.